The first-order valence-electron chi connectivity index (χ1n) is 11.7. The number of nitrogens with zero attached hydrogens (tertiary/aromatic N) is 2. The lowest BCUT2D eigenvalue weighted by Gasteiger charge is -2.33. The maximum absolute atomic E-state index is 12.7. The molecule has 35 heavy (non-hydrogen) atoms. The number of benzene rings is 1. The van der Waals surface area contributed by atoms with E-state index in [-0.39, 0.29) is 11.9 Å². The number of amides is 2. The van der Waals surface area contributed by atoms with Gasteiger partial charge < -0.3 is 15.0 Å². The average Bonchev–Trinajstić information content (AvgIpc) is 2.88. The number of hydrogen-bond acceptors (Lipinski definition) is 6. The Hall–Kier alpha value is -2.65. The van der Waals surface area contributed by atoms with Gasteiger partial charge >= 0.3 is 0 Å². The molecule has 0 saturated carbocycles. The maximum Gasteiger partial charge on any atom is 0.267 e. The molecule has 4 rings (SSSR count). The Labute approximate surface area is 214 Å². The van der Waals surface area contributed by atoms with Crippen molar-refractivity contribution in [2.45, 2.75) is 44.4 Å². The Balaban J connectivity index is 1.24. The monoisotopic (exact) mass is 518 g/mol. The summed E-state index contributed by atoms with van der Waals surface area (Å²) < 4.78 is 5.40. The van der Waals surface area contributed by atoms with Crippen molar-refractivity contribution >= 4 is 46.9 Å². The van der Waals surface area contributed by atoms with Crippen molar-refractivity contribution < 1.29 is 19.2 Å². The Kier molecular flexibility index (Phi) is 8.98. The molecule has 186 valence electrons. The van der Waals surface area contributed by atoms with Crippen molar-refractivity contribution in [2.24, 2.45) is 0 Å². The smallest absolute Gasteiger partial charge is 0.267 e. The van der Waals surface area contributed by atoms with Gasteiger partial charge in [-0.15, -0.1) is 0 Å². The molecule has 2 N–H and O–H groups in total. The number of nitrogens with one attached hydrogen (secondary N) is 2. The molecule has 10 heteroatoms. The Morgan fingerprint density at radius 1 is 1.11 bits per heavy atom. The SMILES string of the molecule is O=C(/C=C/c1cnc(NC2CCN(C(=O)c3ccccc3Cl)CC2)c(Cl)c1)NOC1CCCCO1. The lowest BCUT2D eigenvalue weighted by molar-refractivity contribution is -0.198. The summed E-state index contributed by atoms with van der Waals surface area (Å²) in [5.74, 6) is 0.125. The summed E-state index contributed by atoms with van der Waals surface area (Å²) in [5, 5.41) is 4.28. The van der Waals surface area contributed by atoms with Crippen LogP contribution in [-0.4, -0.2) is 53.7 Å². The second kappa shape index (κ2) is 12.4. The second-order valence-electron chi connectivity index (χ2n) is 8.50. The summed E-state index contributed by atoms with van der Waals surface area (Å²) in [6.45, 7) is 1.87. The van der Waals surface area contributed by atoms with E-state index in [4.69, 9.17) is 32.8 Å². The fourth-order valence-corrected chi connectivity index (χ4v) is 4.46. The lowest BCUT2D eigenvalue weighted by atomic mass is 10.0. The van der Waals surface area contributed by atoms with Crippen LogP contribution in [0.3, 0.4) is 0 Å². The molecule has 0 radical (unpaired) electrons. The Morgan fingerprint density at radius 3 is 2.63 bits per heavy atom. The van der Waals surface area contributed by atoms with Gasteiger partial charge in [-0.05, 0) is 55.5 Å². The van der Waals surface area contributed by atoms with Crippen LogP contribution in [0.2, 0.25) is 10.0 Å². The van der Waals surface area contributed by atoms with Crippen molar-refractivity contribution in [3.8, 4) is 0 Å². The van der Waals surface area contributed by atoms with Gasteiger partial charge in [0.15, 0.2) is 6.29 Å². The minimum Gasteiger partial charge on any atom is -0.366 e. The molecular formula is C25H28Cl2N4O4. The first-order chi connectivity index (χ1) is 17.0. The average molecular weight is 519 g/mol. The summed E-state index contributed by atoms with van der Waals surface area (Å²) in [6.07, 6.45) is 8.52. The Morgan fingerprint density at radius 2 is 1.91 bits per heavy atom. The third-order valence-corrected chi connectivity index (χ3v) is 6.56. The van der Waals surface area contributed by atoms with Gasteiger partial charge in [-0.3, -0.25) is 9.59 Å². The van der Waals surface area contributed by atoms with Crippen molar-refractivity contribution in [1.82, 2.24) is 15.4 Å². The summed E-state index contributed by atoms with van der Waals surface area (Å²) in [6, 6.07) is 8.97. The van der Waals surface area contributed by atoms with E-state index >= 15 is 0 Å². The van der Waals surface area contributed by atoms with E-state index < -0.39 is 12.2 Å². The summed E-state index contributed by atoms with van der Waals surface area (Å²) in [7, 11) is 0. The van der Waals surface area contributed by atoms with E-state index in [2.05, 4.69) is 15.8 Å². The molecule has 2 amide bonds. The number of rotatable bonds is 7. The predicted molar refractivity (Wildman–Crippen MR) is 135 cm³/mol. The molecule has 2 aromatic rings. The normalized spacial score (nSPS) is 19.0. The van der Waals surface area contributed by atoms with E-state index in [0.717, 1.165) is 32.1 Å². The molecule has 2 saturated heterocycles. The summed E-state index contributed by atoms with van der Waals surface area (Å²) in [5.41, 5.74) is 3.59. The number of aromatic nitrogens is 1. The molecule has 1 atom stereocenters. The molecule has 8 nitrogen and oxygen atoms in total. The van der Waals surface area contributed by atoms with E-state index in [0.29, 0.717) is 46.7 Å². The highest BCUT2D eigenvalue weighted by Gasteiger charge is 2.25. The van der Waals surface area contributed by atoms with Gasteiger partial charge in [-0.25, -0.2) is 15.3 Å². The topological polar surface area (TPSA) is 92.8 Å². The van der Waals surface area contributed by atoms with Crippen molar-refractivity contribution in [3.05, 3.63) is 63.8 Å². The zero-order valence-electron chi connectivity index (χ0n) is 19.2. The zero-order chi connectivity index (χ0) is 24.6. The van der Waals surface area contributed by atoms with Gasteiger partial charge in [0.1, 0.15) is 5.82 Å². The van der Waals surface area contributed by atoms with E-state index in [1.165, 1.54) is 6.08 Å². The van der Waals surface area contributed by atoms with Crippen molar-refractivity contribution in [3.63, 3.8) is 0 Å². The molecular weight excluding hydrogens is 491 g/mol. The number of hydroxylamine groups is 1. The third kappa shape index (κ3) is 7.18. The number of halogens is 2. The van der Waals surface area contributed by atoms with Crippen molar-refractivity contribution in [1.29, 1.82) is 0 Å². The first kappa shape index (κ1) is 25.4. The van der Waals surface area contributed by atoms with Crippen LogP contribution < -0.4 is 10.8 Å². The highest BCUT2D eigenvalue weighted by Crippen LogP contribution is 2.25. The van der Waals surface area contributed by atoms with Crippen LogP contribution in [-0.2, 0) is 14.4 Å². The lowest BCUT2D eigenvalue weighted by Crippen LogP contribution is -2.42. The highest BCUT2D eigenvalue weighted by atomic mass is 35.5. The molecule has 1 unspecified atom stereocenters. The molecule has 1 aromatic heterocycles. The largest absolute Gasteiger partial charge is 0.366 e. The van der Waals surface area contributed by atoms with Gasteiger partial charge in [0.2, 0.25) is 0 Å². The van der Waals surface area contributed by atoms with Crippen LogP contribution in [0.4, 0.5) is 5.82 Å². The van der Waals surface area contributed by atoms with Crippen molar-refractivity contribution in [2.75, 3.05) is 25.0 Å². The molecule has 1 aromatic carbocycles. The molecule has 3 heterocycles. The van der Waals surface area contributed by atoms with Crippen LogP contribution in [0.25, 0.3) is 6.08 Å². The number of likely N-dealkylation sites (tertiary alicyclic amines) is 1. The number of anilines is 1. The number of carbonyl (C=O) groups is 2. The number of hydrogen-bond donors (Lipinski definition) is 2. The predicted octanol–water partition coefficient (Wildman–Crippen LogP) is 4.69. The van der Waals surface area contributed by atoms with Crippen LogP contribution in [0, 0.1) is 0 Å². The first-order valence-corrected chi connectivity index (χ1v) is 12.5. The summed E-state index contributed by atoms with van der Waals surface area (Å²) in [4.78, 5) is 36.2. The van der Waals surface area contributed by atoms with E-state index in [9.17, 15) is 9.59 Å². The maximum atomic E-state index is 12.7. The van der Waals surface area contributed by atoms with Gasteiger partial charge in [0.05, 0.1) is 15.6 Å². The van der Waals surface area contributed by atoms with Gasteiger partial charge in [-0.2, -0.15) is 0 Å². The number of pyridine rings is 1. The number of piperidine rings is 1. The fraction of sp³-hybridized carbons (Fsp3) is 0.400. The molecule has 2 aliphatic rings. The van der Waals surface area contributed by atoms with Crippen LogP contribution in [0.1, 0.15) is 48.0 Å². The summed E-state index contributed by atoms with van der Waals surface area (Å²) >= 11 is 12.6. The zero-order valence-corrected chi connectivity index (χ0v) is 20.7. The van der Waals surface area contributed by atoms with Gasteiger partial charge in [0.25, 0.3) is 11.8 Å². The van der Waals surface area contributed by atoms with Gasteiger partial charge in [-0.1, -0.05) is 35.3 Å². The fourth-order valence-electron chi connectivity index (χ4n) is 4.01. The van der Waals surface area contributed by atoms with Gasteiger partial charge in [0, 0.05) is 44.4 Å². The number of ether oxygens (including phenoxy) is 1. The standard InChI is InChI=1S/C25H28Cl2N4O4/c26-20-6-2-1-5-19(20)25(33)31-12-10-18(11-13-31)29-24-21(27)15-17(16-28-24)8-9-22(32)30-35-23-7-3-4-14-34-23/h1-2,5-6,8-9,15-16,18,23H,3-4,7,10-14H2,(H,28,29)(H,30,32)/b9-8+. The van der Waals surface area contributed by atoms with Crippen LogP contribution in [0.5, 0.6) is 0 Å². The van der Waals surface area contributed by atoms with Crippen LogP contribution in [0.15, 0.2) is 42.6 Å². The molecule has 2 aliphatic heterocycles. The van der Waals surface area contributed by atoms with E-state index in [1.807, 2.05) is 17.0 Å². The quantitative estimate of drug-likeness (QED) is 0.407. The second-order valence-corrected chi connectivity index (χ2v) is 9.32. The third-order valence-electron chi connectivity index (χ3n) is 5.95. The molecule has 0 bridgehead atoms. The number of carbonyl (C=O) groups excluding carboxylic acids is 2. The minimum absolute atomic E-state index is 0.0537. The molecule has 2 fully saturated rings. The highest BCUT2D eigenvalue weighted by molar-refractivity contribution is 6.34. The Bertz CT molecular complexity index is 1070. The van der Waals surface area contributed by atoms with Crippen LogP contribution >= 0.6 is 23.2 Å². The molecule has 0 spiro atoms. The van der Waals surface area contributed by atoms with E-state index in [1.54, 1.807) is 30.5 Å². The molecule has 0 aliphatic carbocycles. The minimum atomic E-state index is -0.399.